The molecule has 6 heteroatoms. The number of aromatic nitrogens is 1. The highest BCUT2D eigenvalue weighted by Crippen LogP contribution is 2.25. The predicted molar refractivity (Wildman–Crippen MR) is 77.0 cm³/mol. The van der Waals surface area contributed by atoms with Gasteiger partial charge in [0.15, 0.2) is 10.3 Å². The summed E-state index contributed by atoms with van der Waals surface area (Å²) in [5.74, 6) is 0.849. The molecule has 0 aliphatic heterocycles. The van der Waals surface area contributed by atoms with Crippen LogP contribution >= 0.6 is 22.9 Å². The van der Waals surface area contributed by atoms with Crippen molar-refractivity contribution >= 4 is 28.1 Å². The number of methoxy groups -OCH3 is 1. The Morgan fingerprint density at radius 2 is 2.37 bits per heavy atom. The second-order valence-electron chi connectivity index (χ2n) is 3.78. The van der Waals surface area contributed by atoms with E-state index in [1.54, 1.807) is 7.11 Å². The van der Waals surface area contributed by atoms with E-state index < -0.39 is 0 Å². The van der Waals surface area contributed by atoms with E-state index in [1.807, 2.05) is 30.3 Å². The van der Waals surface area contributed by atoms with E-state index >= 15 is 0 Å². The molecule has 0 amide bonds. The molecule has 0 saturated heterocycles. The molecule has 0 bridgehead atoms. The van der Waals surface area contributed by atoms with Crippen LogP contribution in [-0.4, -0.2) is 18.6 Å². The number of hydrogen-bond acceptors (Lipinski definition) is 5. The van der Waals surface area contributed by atoms with Gasteiger partial charge in [0.05, 0.1) is 7.11 Å². The molecular formula is C13H12ClN3OS. The van der Waals surface area contributed by atoms with E-state index in [0.29, 0.717) is 10.0 Å². The minimum atomic E-state index is 0.261. The molecule has 2 rings (SSSR count). The van der Waals surface area contributed by atoms with Crippen molar-refractivity contribution in [2.24, 2.45) is 0 Å². The number of thiazole rings is 1. The number of benzene rings is 1. The van der Waals surface area contributed by atoms with Crippen LogP contribution in [0, 0.1) is 11.3 Å². The van der Waals surface area contributed by atoms with Gasteiger partial charge in [-0.1, -0.05) is 35.1 Å². The summed E-state index contributed by atoms with van der Waals surface area (Å²) in [6, 6.07) is 9.92. The number of rotatable bonds is 5. The summed E-state index contributed by atoms with van der Waals surface area (Å²) in [5.41, 5.74) is 1.18. The molecule has 0 aliphatic rings. The Morgan fingerprint density at radius 3 is 3.05 bits per heavy atom. The van der Waals surface area contributed by atoms with Gasteiger partial charge in [0.2, 0.25) is 0 Å². The van der Waals surface area contributed by atoms with Crippen LogP contribution in [0.2, 0.25) is 5.15 Å². The maximum absolute atomic E-state index is 8.79. The monoisotopic (exact) mass is 293 g/mol. The number of nitriles is 1. The molecular weight excluding hydrogens is 282 g/mol. The Kier molecular flexibility index (Phi) is 4.61. The summed E-state index contributed by atoms with van der Waals surface area (Å²) >= 11 is 7.06. The van der Waals surface area contributed by atoms with E-state index in [1.165, 1.54) is 16.9 Å². The molecule has 0 aliphatic carbocycles. The average Bonchev–Trinajstić information content (AvgIpc) is 2.79. The number of hydrogen-bond donors (Lipinski definition) is 1. The van der Waals surface area contributed by atoms with Gasteiger partial charge in [-0.3, -0.25) is 0 Å². The zero-order valence-corrected chi connectivity index (χ0v) is 11.9. The maximum atomic E-state index is 8.79. The first kappa shape index (κ1) is 13.7. The van der Waals surface area contributed by atoms with E-state index in [9.17, 15) is 0 Å². The Labute approximate surface area is 120 Å². The van der Waals surface area contributed by atoms with Crippen molar-refractivity contribution in [1.82, 2.24) is 4.98 Å². The molecule has 1 aromatic heterocycles. The largest absolute Gasteiger partial charge is 0.497 e. The fraction of sp³-hybridized carbons (Fsp3) is 0.231. The lowest BCUT2D eigenvalue weighted by molar-refractivity contribution is 0.414. The van der Waals surface area contributed by atoms with Gasteiger partial charge in [0.1, 0.15) is 16.7 Å². The van der Waals surface area contributed by atoms with Gasteiger partial charge in [0, 0.05) is 6.54 Å². The van der Waals surface area contributed by atoms with Crippen LogP contribution in [0.5, 0.6) is 5.75 Å². The molecule has 0 saturated carbocycles. The predicted octanol–water partition coefficient (Wildman–Crippen LogP) is 3.33. The lowest BCUT2D eigenvalue weighted by atomic mass is 10.1. The second kappa shape index (κ2) is 6.41. The van der Waals surface area contributed by atoms with Crippen molar-refractivity contribution in [2.45, 2.75) is 6.42 Å². The van der Waals surface area contributed by atoms with Crippen LogP contribution in [0.4, 0.5) is 5.13 Å². The average molecular weight is 294 g/mol. The summed E-state index contributed by atoms with van der Waals surface area (Å²) in [6.45, 7) is 0.724. The van der Waals surface area contributed by atoms with Gasteiger partial charge in [-0.15, -0.1) is 0 Å². The standard InChI is InChI=1S/C13H12ClN3OS/c1-18-10-4-2-3-9(7-10)5-6-16-13-17-12(14)11(8-15)19-13/h2-4,7H,5-6H2,1H3,(H,16,17). The maximum Gasteiger partial charge on any atom is 0.185 e. The normalized spacial score (nSPS) is 9.95. The highest BCUT2D eigenvalue weighted by Gasteiger charge is 2.07. The first-order valence-electron chi connectivity index (χ1n) is 5.66. The van der Waals surface area contributed by atoms with Crippen LogP contribution in [0.15, 0.2) is 24.3 Å². The Hall–Kier alpha value is -1.77. The minimum Gasteiger partial charge on any atom is -0.497 e. The number of halogens is 1. The summed E-state index contributed by atoms with van der Waals surface area (Å²) in [6.07, 6.45) is 0.844. The molecule has 4 nitrogen and oxygen atoms in total. The summed E-state index contributed by atoms with van der Waals surface area (Å²) in [7, 11) is 1.65. The first-order chi connectivity index (χ1) is 9.22. The number of anilines is 1. The Balaban J connectivity index is 1.90. The highest BCUT2D eigenvalue weighted by molar-refractivity contribution is 7.16. The Bertz CT molecular complexity index is 606. The van der Waals surface area contributed by atoms with Gasteiger partial charge in [0.25, 0.3) is 0 Å². The smallest absolute Gasteiger partial charge is 0.185 e. The molecule has 1 N–H and O–H groups in total. The van der Waals surface area contributed by atoms with Gasteiger partial charge in [-0.05, 0) is 24.1 Å². The SMILES string of the molecule is COc1cccc(CCNc2nc(Cl)c(C#N)s2)c1. The van der Waals surface area contributed by atoms with Crippen molar-refractivity contribution in [3.8, 4) is 11.8 Å². The van der Waals surface area contributed by atoms with Crippen molar-refractivity contribution < 1.29 is 4.74 Å². The van der Waals surface area contributed by atoms with Gasteiger partial charge in [-0.2, -0.15) is 5.26 Å². The molecule has 0 fully saturated rings. The third-order valence-corrected chi connectivity index (χ3v) is 3.81. The molecule has 0 unspecified atom stereocenters. The van der Waals surface area contributed by atoms with Gasteiger partial charge < -0.3 is 10.1 Å². The molecule has 98 valence electrons. The van der Waals surface area contributed by atoms with Crippen LogP contribution in [-0.2, 0) is 6.42 Å². The van der Waals surface area contributed by atoms with E-state index in [-0.39, 0.29) is 5.15 Å². The lowest BCUT2D eigenvalue weighted by Gasteiger charge is -2.05. The van der Waals surface area contributed by atoms with Crippen molar-refractivity contribution in [2.75, 3.05) is 19.0 Å². The third kappa shape index (κ3) is 3.60. The highest BCUT2D eigenvalue weighted by atomic mass is 35.5. The molecule has 19 heavy (non-hydrogen) atoms. The summed E-state index contributed by atoms with van der Waals surface area (Å²) in [5, 5.41) is 12.9. The number of nitrogens with one attached hydrogen (secondary N) is 1. The van der Waals surface area contributed by atoms with E-state index in [4.69, 9.17) is 21.6 Å². The fourth-order valence-electron chi connectivity index (χ4n) is 1.59. The first-order valence-corrected chi connectivity index (χ1v) is 6.85. The van der Waals surface area contributed by atoms with E-state index in [0.717, 1.165) is 18.7 Å². The van der Waals surface area contributed by atoms with Crippen LogP contribution < -0.4 is 10.1 Å². The molecule has 1 heterocycles. The summed E-state index contributed by atoms with van der Waals surface area (Å²) in [4.78, 5) is 4.51. The molecule has 0 spiro atoms. The topological polar surface area (TPSA) is 57.9 Å². The molecule has 2 aromatic rings. The van der Waals surface area contributed by atoms with Crippen molar-refractivity contribution in [1.29, 1.82) is 5.26 Å². The van der Waals surface area contributed by atoms with Crippen molar-refractivity contribution in [3.63, 3.8) is 0 Å². The zero-order valence-electron chi connectivity index (χ0n) is 10.3. The molecule has 0 radical (unpaired) electrons. The van der Waals surface area contributed by atoms with E-state index in [2.05, 4.69) is 10.3 Å². The second-order valence-corrected chi connectivity index (χ2v) is 5.14. The Morgan fingerprint density at radius 1 is 1.53 bits per heavy atom. The fourth-order valence-corrected chi connectivity index (χ4v) is 2.56. The van der Waals surface area contributed by atoms with Gasteiger partial charge in [-0.25, -0.2) is 4.98 Å². The summed E-state index contributed by atoms with van der Waals surface area (Å²) < 4.78 is 5.17. The van der Waals surface area contributed by atoms with Crippen LogP contribution in [0.1, 0.15) is 10.4 Å². The zero-order chi connectivity index (χ0) is 13.7. The van der Waals surface area contributed by atoms with Gasteiger partial charge >= 0.3 is 0 Å². The van der Waals surface area contributed by atoms with Crippen LogP contribution in [0.3, 0.4) is 0 Å². The number of nitrogens with zero attached hydrogens (tertiary/aromatic N) is 2. The minimum absolute atomic E-state index is 0.261. The number of ether oxygens (including phenoxy) is 1. The molecule has 0 atom stereocenters. The van der Waals surface area contributed by atoms with Crippen molar-refractivity contribution in [3.05, 3.63) is 39.9 Å². The molecule has 1 aromatic carbocycles. The third-order valence-electron chi connectivity index (χ3n) is 2.51. The van der Waals surface area contributed by atoms with Crippen LogP contribution in [0.25, 0.3) is 0 Å². The quantitative estimate of drug-likeness (QED) is 0.918. The lowest BCUT2D eigenvalue weighted by Crippen LogP contribution is -2.04.